The molecule has 0 saturated heterocycles. The number of hydrogen-bond donors (Lipinski definition) is 2. The number of nitrogens with one attached hydrogen (secondary N) is 2. The van der Waals surface area contributed by atoms with Gasteiger partial charge in [-0.3, -0.25) is 4.79 Å². The molecule has 0 heterocycles. The summed E-state index contributed by atoms with van der Waals surface area (Å²) in [5.74, 6) is -0.427. The Morgan fingerprint density at radius 2 is 1.83 bits per heavy atom. The number of aryl methyl sites for hydroxylation is 2. The van der Waals surface area contributed by atoms with Gasteiger partial charge in [0.1, 0.15) is 0 Å². The van der Waals surface area contributed by atoms with Crippen molar-refractivity contribution >= 4 is 27.5 Å². The molecule has 0 aliphatic carbocycles. The Kier molecular flexibility index (Phi) is 5.99. The van der Waals surface area contributed by atoms with E-state index in [1.54, 1.807) is 37.3 Å². The van der Waals surface area contributed by atoms with Gasteiger partial charge in [-0.05, 0) is 42.7 Å². The maximum Gasteiger partial charge on any atom is 0.241 e. The number of halogens is 1. The van der Waals surface area contributed by atoms with Crippen LogP contribution < -0.4 is 10.0 Å². The average molecular weight is 367 g/mol. The molecule has 0 radical (unpaired) electrons. The summed E-state index contributed by atoms with van der Waals surface area (Å²) in [4.78, 5) is 12.1. The van der Waals surface area contributed by atoms with E-state index in [0.29, 0.717) is 10.6 Å². The average Bonchev–Trinajstić information content (AvgIpc) is 2.54. The minimum absolute atomic E-state index is 0.182. The molecular weight excluding hydrogens is 348 g/mol. The molecular formula is C17H19ClN2O3S. The standard InChI is InChI=1S/C17H19ClN2O3S/c1-12-7-8-13(2)16(9-12)24(22,23)20-11-17(21)19-10-14-5-3-4-6-15(14)18/h3-9,20H,10-11H2,1-2H3,(H,19,21). The summed E-state index contributed by atoms with van der Waals surface area (Å²) >= 11 is 6.01. The summed E-state index contributed by atoms with van der Waals surface area (Å²) in [6.45, 7) is 3.43. The topological polar surface area (TPSA) is 75.3 Å². The predicted molar refractivity (Wildman–Crippen MR) is 94.4 cm³/mol. The van der Waals surface area contributed by atoms with Crippen molar-refractivity contribution in [2.24, 2.45) is 0 Å². The number of benzene rings is 2. The Balaban J connectivity index is 1.95. The van der Waals surface area contributed by atoms with Gasteiger partial charge in [-0.1, -0.05) is 41.9 Å². The normalized spacial score (nSPS) is 11.3. The third kappa shape index (κ3) is 4.80. The van der Waals surface area contributed by atoms with Crippen LogP contribution in [0.5, 0.6) is 0 Å². The number of sulfonamides is 1. The third-order valence-electron chi connectivity index (χ3n) is 3.49. The van der Waals surface area contributed by atoms with E-state index in [-0.39, 0.29) is 18.0 Å². The molecule has 128 valence electrons. The van der Waals surface area contributed by atoms with E-state index < -0.39 is 15.9 Å². The molecule has 2 aromatic rings. The van der Waals surface area contributed by atoms with E-state index in [4.69, 9.17) is 11.6 Å². The van der Waals surface area contributed by atoms with Gasteiger partial charge in [-0.2, -0.15) is 0 Å². The molecule has 5 nitrogen and oxygen atoms in total. The van der Waals surface area contributed by atoms with Crippen LogP contribution in [0, 0.1) is 13.8 Å². The van der Waals surface area contributed by atoms with Crippen LogP contribution in [0.1, 0.15) is 16.7 Å². The van der Waals surface area contributed by atoms with Crippen molar-refractivity contribution in [3.05, 3.63) is 64.2 Å². The van der Waals surface area contributed by atoms with Crippen molar-refractivity contribution in [2.45, 2.75) is 25.3 Å². The lowest BCUT2D eigenvalue weighted by atomic mass is 10.2. The molecule has 0 saturated carbocycles. The summed E-state index contributed by atoms with van der Waals surface area (Å²) in [5.41, 5.74) is 2.23. The SMILES string of the molecule is Cc1ccc(C)c(S(=O)(=O)NCC(=O)NCc2ccccc2Cl)c1. The summed E-state index contributed by atoms with van der Waals surface area (Å²) in [7, 11) is -3.74. The van der Waals surface area contributed by atoms with Crippen molar-refractivity contribution in [3.8, 4) is 0 Å². The largest absolute Gasteiger partial charge is 0.351 e. The molecule has 0 unspecified atom stereocenters. The van der Waals surface area contributed by atoms with E-state index in [0.717, 1.165) is 11.1 Å². The zero-order valence-corrected chi connectivity index (χ0v) is 15.0. The zero-order chi connectivity index (χ0) is 17.7. The Morgan fingerprint density at radius 3 is 2.54 bits per heavy atom. The van der Waals surface area contributed by atoms with Crippen molar-refractivity contribution in [3.63, 3.8) is 0 Å². The van der Waals surface area contributed by atoms with Gasteiger partial charge >= 0.3 is 0 Å². The van der Waals surface area contributed by atoms with E-state index in [1.165, 1.54) is 0 Å². The smallest absolute Gasteiger partial charge is 0.241 e. The maximum absolute atomic E-state index is 12.3. The van der Waals surface area contributed by atoms with Gasteiger partial charge in [-0.15, -0.1) is 0 Å². The van der Waals surface area contributed by atoms with Crippen LogP contribution in [0.2, 0.25) is 5.02 Å². The molecule has 2 rings (SSSR count). The number of amides is 1. The Hall–Kier alpha value is -1.89. The minimum Gasteiger partial charge on any atom is -0.351 e. The molecule has 2 N–H and O–H groups in total. The van der Waals surface area contributed by atoms with Gasteiger partial charge in [-0.25, -0.2) is 13.1 Å². The Bertz CT molecular complexity index is 851. The quantitative estimate of drug-likeness (QED) is 0.825. The molecule has 0 fully saturated rings. The van der Waals surface area contributed by atoms with Crippen LogP contribution >= 0.6 is 11.6 Å². The number of hydrogen-bond acceptors (Lipinski definition) is 3. The second-order valence-corrected chi connectivity index (χ2v) is 7.60. The fraction of sp³-hybridized carbons (Fsp3) is 0.235. The molecule has 2 aromatic carbocycles. The highest BCUT2D eigenvalue weighted by atomic mass is 35.5. The first kappa shape index (κ1) is 18.4. The van der Waals surface area contributed by atoms with Gasteiger partial charge in [0.15, 0.2) is 0 Å². The number of carbonyl (C=O) groups is 1. The van der Waals surface area contributed by atoms with E-state index in [2.05, 4.69) is 10.0 Å². The first-order valence-corrected chi connectivity index (χ1v) is 9.23. The minimum atomic E-state index is -3.74. The van der Waals surface area contributed by atoms with Gasteiger partial charge in [0.25, 0.3) is 0 Å². The third-order valence-corrected chi connectivity index (χ3v) is 5.40. The van der Waals surface area contributed by atoms with Crippen LogP contribution in [-0.2, 0) is 21.4 Å². The monoisotopic (exact) mass is 366 g/mol. The molecule has 24 heavy (non-hydrogen) atoms. The van der Waals surface area contributed by atoms with E-state index in [1.807, 2.05) is 19.1 Å². The second-order valence-electron chi connectivity index (χ2n) is 5.46. The molecule has 1 amide bonds. The second kappa shape index (κ2) is 7.79. The van der Waals surface area contributed by atoms with Crippen molar-refractivity contribution in [1.82, 2.24) is 10.0 Å². The molecule has 0 aliphatic heterocycles. The predicted octanol–water partition coefficient (Wildman–Crippen LogP) is 2.55. The summed E-state index contributed by atoms with van der Waals surface area (Å²) in [6.07, 6.45) is 0. The van der Waals surface area contributed by atoms with Crippen LogP contribution in [0.25, 0.3) is 0 Å². The Morgan fingerprint density at radius 1 is 1.12 bits per heavy atom. The lowest BCUT2D eigenvalue weighted by Gasteiger charge is -2.11. The summed E-state index contributed by atoms with van der Waals surface area (Å²) < 4.78 is 27.0. The van der Waals surface area contributed by atoms with Crippen molar-refractivity contribution in [2.75, 3.05) is 6.54 Å². The molecule has 0 atom stereocenters. The fourth-order valence-corrected chi connectivity index (χ4v) is 3.65. The number of carbonyl (C=O) groups excluding carboxylic acids is 1. The first-order chi connectivity index (χ1) is 11.3. The fourth-order valence-electron chi connectivity index (χ4n) is 2.13. The van der Waals surface area contributed by atoms with Gasteiger partial charge in [0, 0.05) is 11.6 Å². The van der Waals surface area contributed by atoms with Crippen LogP contribution in [-0.4, -0.2) is 20.9 Å². The van der Waals surface area contributed by atoms with Gasteiger partial charge in [0.05, 0.1) is 11.4 Å². The van der Waals surface area contributed by atoms with E-state index in [9.17, 15) is 13.2 Å². The molecule has 0 aromatic heterocycles. The highest BCUT2D eigenvalue weighted by molar-refractivity contribution is 7.89. The molecule has 0 bridgehead atoms. The maximum atomic E-state index is 12.3. The van der Waals surface area contributed by atoms with Gasteiger partial charge in [0.2, 0.25) is 15.9 Å². The lowest BCUT2D eigenvalue weighted by molar-refractivity contribution is -0.120. The molecule has 0 spiro atoms. The first-order valence-electron chi connectivity index (χ1n) is 7.36. The lowest BCUT2D eigenvalue weighted by Crippen LogP contribution is -2.36. The highest BCUT2D eigenvalue weighted by Gasteiger charge is 2.18. The van der Waals surface area contributed by atoms with E-state index >= 15 is 0 Å². The van der Waals surface area contributed by atoms with Crippen LogP contribution in [0.3, 0.4) is 0 Å². The van der Waals surface area contributed by atoms with Crippen LogP contribution in [0.4, 0.5) is 0 Å². The summed E-state index contributed by atoms with van der Waals surface area (Å²) in [6, 6.07) is 12.3. The van der Waals surface area contributed by atoms with Crippen molar-refractivity contribution < 1.29 is 13.2 Å². The van der Waals surface area contributed by atoms with Gasteiger partial charge < -0.3 is 5.32 Å². The highest BCUT2D eigenvalue weighted by Crippen LogP contribution is 2.16. The molecule has 0 aliphatic rings. The molecule has 7 heteroatoms. The number of rotatable bonds is 6. The van der Waals surface area contributed by atoms with Crippen molar-refractivity contribution in [1.29, 1.82) is 0 Å². The Labute approximate surface area is 147 Å². The summed E-state index contributed by atoms with van der Waals surface area (Å²) in [5, 5.41) is 3.19. The van der Waals surface area contributed by atoms with Crippen LogP contribution in [0.15, 0.2) is 47.4 Å². The zero-order valence-electron chi connectivity index (χ0n) is 13.5.